The topological polar surface area (TPSA) is 88.9 Å². The predicted octanol–water partition coefficient (Wildman–Crippen LogP) is 6.19. The fraction of sp³-hybridized carbons (Fsp3) is 0.241. The Morgan fingerprint density at radius 3 is 2.39 bits per heavy atom. The summed E-state index contributed by atoms with van der Waals surface area (Å²) < 4.78 is 1.81. The lowest BCUT2D eigenvalue weighted by atomic mass is 9.87. The molecule has 2 amide bonds. The van der Waals surface area contributed by atoms with Crippen LogP contribution >= 0.6 is 23.4 Å². The van der Waals surface area contributed by atoms with Crippen molar-refractivity contribution in [2.75, 3.05) is 11.1 Å². The molecule has 38 heavy (non-hydrogen) atoms. The highest BCUT2D eigenvalue weighted by atomic mass is 35.5. The Morgan fingerprint density at radius 1 is 0.974 bits per heavy atom. The Bertz CT molecular complexity index is 1440. The average molecular weight is 548 g/mol. The van der Waals surface area contributed by atoms with E-state index in [2.05, 4.69) is 41.6 Å². The maximum absolute atomic E-state index is 12.9. The molecule has 1 heterocycles. The Morgan fingerprint density at radius 2 is 1.71 bits per heavy atom. The van der Waals surface area contributed by atoms with Crippen molar-refractivity contribution in [2.24, 2.45) is 0 Å². The van der Waals surface area contributed by atoms with Crippen LogP contribution in [-0.2, 0) is 16.8 Å². The van der Waals surface area contributed by atoms with Crippen molar-refractivity contribution in [3.05, 3.63) is 100 Å². The molecule has 0 spiro atoms. The van der Waals surface area contributed by atoms with Crippen LogP contribution in [0.15, 0.2) is 78.0 Å². The lowest BCUT2D eigenvalue weighted by Gasteiger charge is -2.19. The molecule has 0 saturated carbocycles. The van der Waals surface area contributed by atoms with Gasteiger partial charge in [-0.1, -0.05) is 74.5 Å². The number of hydrogen-bond acceptors (Lipinski definition) is 5. The molecule has 0 bridgehead atoms. The molecule has 196 valence electrons. The van der Waals surface area contributed by atoms with Gasteiger partial charge in [-0.2, -0.15) is 0 Å². The second kappa shape index (κ2) is 11.8. The highest BCUT2D eigenvalue weighted by Crippen LogP contribution is 2.25. The first-order chi connectivity index (χ1) is 18.1. The number of hydrogen-bond donors (Lipinski definition) is 2. The van der Waals surface area contributed by atoms with E-state index in [0.29, 0.717) is 21.6 Å². The average Bonchev–Trinajstić information content (AvgIpc) is 3.28. The molecule has 4 rings (SSSR count). The van der Waals surface area contributed by atoms with Crippen LogP contribution < -0.4 is 10.6 Å². The maximum Gasteiger partial charge on any atom is 0.251 e. The van der Waals surface area contributed by atoms with Gasteiger partial charge in [0.1, 0.15) is 0 Å². The fourth-order valence-corrected chi connectivity index (χ4v) is 4.77. The van der Waals surface area contributed by atoms with Crippen molar-refractivity contribution in [3.8, 4) is 5.69 Å². The molecular weight excluding hydrogens is 518 g/mol. The van der Waals surface area contributed by atoms with Crippen LogP contribution in [0.5, 0.6) is 0 Å². The van der Waals surface area contributed by atoms with Crippen molar-refractivity contribution in [3.63, 3.8) is 0 Å². The molecule has 2 N–H and O–H groups in total. The third-order valence-electron chi connectivity index (χ3n) is 5.82. The molecule has 7 nitrogen and oxygen atoms in total. The predicted molar refractivity (Wildman–Crippen MR) is 153 cm³/mol. The van der Waals surface area contributed by atoms with Crippen molar-refractivity contribution in [2.45, 2.75) is 44.8 Å². The third-order valence-corrected chi connectivity index (χ3v) is 6.99. The normalized spacial score (nSPS) is 11.3. The van der Waals surface area contributed by atoms with Gasteiger partial charge in [0.15, 0.2) is 11.0 Å². The highest BCUT2D eigenvalue weighted by molar-refractivity contribution is 7.99. The number of anilines is 1. The monoisotopic (exact) mass is 547 g/mol. The van der Waals surface area contributed by atoms with E-state index in [1.54, 1.807) is 16.7 Å². The molecule has 4 aromatic rings. The lowest BCUT2D eigenvalue weighted by molar-refractivity contribution is -0.113. The summed E-state index contributed by atoms with van der Waals surface area (Å²) in [6.45, 7) is 8.51. The number of amides is 2. The van der Waals surface area contributed by atoms with Crippen LogP contribution in [0.3, 0.4) is 0 Å². The summed E-state index contributed by atoms with van der Waals surface area (Å²) in [6, 6.07) is 22.5. The minimum atomic E-state index is -0.210. The van der Waals surface area contributed by atoms with Gasteiger partial charge in [0.25, 0.3) is 5.91 Å². The van der Waals surface area contributed by atoms with E-state index < -0.39 is 0 Å². The van der Waals surface area contributed by atoms with Gasteiger partial charge in [-0.15, -0.1) is 10.2 Å². The SMILES string of the molecule is Cc1cccc(NC(=O)CSc2nnc(CNC(=O)c3ccc(C(C)(C)C)cc3)n2-c2cccc(Cl)c2)c1. The molecule has 0 aliphatic heterocycles. The largest absolute Gasteiger partial charge is 0.345 e. The Labute approximate surface area is 232 Å². The van der Waals surface area contributed by atoms with Crippen molar-refractivity contribution in [1.82, 2.24) is 20.1 Å². The molecule has 0 radical (unpaired) electrons. The summed E-state index contributed by atoms with van der Waals surface area (Å²) in [5.41, 5.74) is 4.27. The summed E-state index contributed by atoms with van der Waals surface area (Å²) in [4.78, 5) is 25.4. The fourth-order valence-electron chi connectivity index (χ4n) is 3.82. The van der Waals surface area contributed by atoms with Crippen LogP contribution in [0.4, 0.5) is 5.69 Å². The number of aromatic nitrogens is 3. The van der Waals surface area contributed by atoms with Crippen LogP contribution in [0, 0.1) is 6.92 Å². The van der Waals surface area contributed by atoms with Crippen molar-refractivity contribution in [1.29, 1.82) is 0 Å². The van der Waals surface area contributed by atoms with E-state index in [-0.39, 0.29) is 29.5 Å². The number of nitrogens with zero attached hydrogens (tertiary/aromatic N) is 3. The molecule has 3 aromatic carbocycles. The summed E-state index contributed by atoms with van der Waals surface area (Å²) in [5, 5.41) is 15.5. The molecule has 0 aliphatic carbocycles. The number of halogens is 1. The Kier molecular flexibility index (Phi) is 8.54. The maximum atomic E-state index is 12.9. The van der Waals surface area contributed by atoms with E-state index in [1.807, 2.05) is 67.6 Å². The molecule has 0 atom stereocenters. The molecule has 0 saturated heterocycles. The summed E-state index contributed by atoms with van der Waals surface area (Å²) >= 11 is 7.51. The molecule has 0 fully saturated rings. The van der Waals surface area contributed by atoms with Gasteiger partial charge in [0, 0.05) is 16.3 Å². The molecule has 0 aliphatic rings. The number of carbonyl (C=O) groups is 2. The van der Waals surface area contributed by atoms with Crippen LogP contribution in [0.1, 0.15) is 48.1 Å². The first kappa shape index (κ1) is 27.4. The van der Waals surface area contributed by atoms with Gasteiger partial charge in [-0.3, -0.25) is 14.2 Å². The van der Waals surface area contributed by atoms with Gasteiger partial charge in [0.2, 0.25) is 5.91 Å². The van der Waals surface area contributed by atoms with E-state index in [4.69, 9.17) is 11.6 Å². The molecule has 9 heteroatoms. The second-order valence-electron chi connectivity index (χ2n) is 9.93. The minimum Gasteiger partial charge on any atom is -0.345 e. The summed E-state index contributed by atoms with van der Waals surface area (Å²) in [6.07, 6.45) is 0. The van der Waals surface area contributed by atoms with Crippen molar-refractivity contribution >= 4 is 40.9 Å². The summed E-state index contributed by atoms with van der Waals surface area (Å²) in [5.74, 6) is 0.292. The first-order valence-electron chi connectivity index (χ1n) is 12.2. The Balaban J connectivity index is 1.49. The number of thioether (sulfide) groups is 1. The summed E-state index contributed by atoms with van der Waals surface area (Å²) in [7, 11) is 0. The lowest BCUT2D eigenvalue weighted by Crippen LogP contribution is -2.25. The Hall–Kier alpha value is -3.62. The zero-order valence-electron chi connectivity index (χ0n) is 21.8. The van der Waals surface area contributed by atoms with Gasteiger partial charge in [-0.05, 0) is 65.9 Å². The smallest absolute Gasteiger partial charge is 0.251 e. The van der Waals surface area contributed by atoms with Crippen molar-refractivity contribution < 1.29 is 9.59 Å². The number of carbonyl (C=O) groups excluding carboxylic acids is 2. The van der Waals surface area contributed by atoms with E-state index >= 15 is 0 Å². The van der Waals surface area contributed by atoms with Gasteiger partial charge in [-0.25, -0.2) is 0 Å². The second-order valence-corrected chi connectivity index (χ2v) is 11.3. The molecule has 0 unspecified atom stereocenters. The zero-order chi connectivity index (χ0) is 27.3. The first-order valence-corrected chi connectivity index (χ1v) is 13.5. The zero-order valence-corrected chi connectivity index (χ0v) is 23.4. The number of nitrogens with one attached hydrogen (secondary N) is 2. The highest BCUT2D eigenvalue weighted by Gasteiger charge is 2.18. The van der Waals surface area contributed by atoms with Gasteiger partial charge < -0.3 is 10.6 Å². The quantitative estimate of drug-likeness (QED) is 0.257. The molecular formula is C29H30ClN5O2S. The number of rotatable bonds is 8. The van der Waals surface area contributed by atoms with E-state index in [1.165, 1.54) is 11.8 Å². The number of benzene rings is 3. The standard InChI is InChI=1S/C29H30ClN5O2S/c1-19-7-5-9-23(15-19)32-26(36)18-38-28-34-33-25(35(28)24-10-6-8-22(30)16-24)17-31-27(37)20-11-13-21(14-12-20)29(2,3)4/h5-16H,17-18H2,1-4H3,(H,31,37)(H,32,36). The van der Waals surface area contributed by atoms with Crippen LogP contribution in [-0.4, -0.2) is 32.3 Å². The molecule has 1 aromatic heterocycles. The van der Waals surface area contributed by atoms with Gasteiger partial charge >= 0.3 is 0 Å². The van der Waals surface area contributed by atoms with Crippen LogP contribution in [0.25, 0.3) is 5.69 Å². The van der Waals surface area contributed by atoms with Crippen LogP contribution in [0.2, 0.25) is 5.02 Å². The minimum absolute atomic E-state index is 0.00733. The van der Waals surface area contributed by atoms with E-state index in [0.717, 1.165) is 22.5 Å². The van der Waals surface area contributed by atoms with E-state index in [9.17, 15) is 9.59 Å². The number of aryl methyl sites for hydroxylation is 1. The van der Waals surface area contributed by atoms with Gasteiger partial charge in [0.05, 0.1) is 18.0 Å². The third kappa shape index (κ3) is 7.02.